The second kappa shape index (κ2) is 58.2. The largest absolute Gasteiger partial charge is 0.462 e. The molecular weight excluding hydrogens is 865 g/mol. The molecule has 0 saturated heterocycles. The van der Waals surface area contributed by atoms with E-state index in [0.717, 1.165) is 116 Å². The summed E-state index contributed by atoms with van der Waals surface area (Å²) >= 11 is 0. The fourth-order valence-corrected chi connectivity index (χ4v) is 8.21. The normalized spacial score (nSPS) is 12.7. The molecule has 70 heavy (non-hydrogen) atoms. The van der Waals surface area contributed by atoms with Gasteiger partial charge in [0.1, 0.15) is 13.2 Å². The number of ether oxygens (including phenoxy) is 3. The van der Waals surface area contributed by atoms with Crippen LogP contribution < -0.4 is 0 Å². The van der Waals surface area contributed by atoms with E-state index in [-0.39, 0.29) is 31.1 Å². The van der Waals surface area contributed by atoms with Gasteiger partial charge in [0.2, 0.25) is 0 Å². The number of rotatable bonds is 53. The Labute approximate surface area is 433 Å². The molecule has 0 N–H and O–H groups in total. The zero-order chi connectivity index (χ0) is 50.7. The Morgan fingerprint density at radius 3 is 0.900 bits per heavy atom. The molecule has 0 aliphatic rings. The van der Waals surface area contributed by atoms with Crippen molar-refractivity contribution in [2.75, 3.05) is 13.2 Å². The maximum Gasteiger partial charge on any atom is 0.306 e. The molecule has 402 valence electrons. The highest BCUT2D eigenvalue weighted by Crippen LogP contribution is 2.16. The van der Waals surface area contributed by atoms with Crippen molar-refractivity contribution in [3.63, 3.8) is 0 Å². The van der Waals surface area contributed by atoms with E-state index in [1.54, 1.807) is 0 Å². The molecule has 0 aromatic rings. The topological polar surface area (TPSA) is 78.9 Å². The maximum atomic E-state index is 12.8. The molecule has 0 aromatic carbocycles. The van der Waals surface area contributed by atoms with Gasteiger partial charge in [0.05, 0.1) is 0 Å². The quantitative estimate of drug-likeness (QED) is 0.0261. The Bertz CT molecular complexity index is 1350. The van der Waals surface area contributed by atoms with Crippen LogP contribution in [0.3, 0.4) is 0 Å². The number of esters is 3. The standard InChI is InChI=1S/C64H110O6/c1-4-7-10-13-16-18-20-22-24-25-26-27-28-29-30-31-32-33-34-35-36-37-38-39-41-42-44-46-48-51-54-57-63(66)69-60-61(59-68-62(65)56-53-50-15-12-9-6-3)70-64(67)58-55-52-49-47-45-43-40-23-21-19-17-14-11-8-5-2/h7,10,16-19,22-24,26-27,29-30,40,61H,4-6,8-9,11-15,20-21,25,28,31-39,41-60H2,1-3H3/b10-7-,18-16-,19-17-,24-22-,27-26-,30-29-,40-23-. The maximum absolute atomic E-state index is 12.8. The Kier molecular flexibility index (Phi) is 55.3. The third-order valence-corrected chi connectivity index (χ3v) is 12.6. The third kappa shape index (κ3) is 55.5. The van der Waals surface area contributed by atoms with Gasteiger partial charge in [0.25, 0.3) is 0 Å². The Balaban J connectivity index is 4.03. The highest BCUT2D eigenvalue weighted by molar-refractivity contribution is 5.71. The van der Waals surface area contributed by atoms with Crippen LogP contribution in [0.15, 0.2) is 85.1 Å². The van der Waals surface area contributed by atoms with Gasteiger partial charge in [-0.05, 0) is 96.3 Å². The van der Waals surface area contributed by atoms with Gasteiger partial charge in [-0.25, -0.2) is 0 Å². The van der Waals surface area contributed by atoms with Crippen LogP contribution >= 0.6 is 0 Å². The summed E-state index contributed by atoms with van der Waals surface area (Å²) in [5.41, 5.74) is 0. The van der Waals surface area contributed by atoms with Crippen LogP contribution in [-0.2, 0) is 28.6 Å². The lowest BCUT2D eigenvalue weighted by Gasteiger charge is -2.18. The van der Waals surface area contributed by atoms with Crippen molar-refractivity contribution in [3.05, 3.63) is 85.1 Å². The number of hydrogen-bond donors (Lipinski definition) is 0. The summed E-state index contributed by atoms with van der Waals surface area (Å²) in [6, 6.07) is 0. The molecule has 1 unspecified atom stereocenters. The number of carbonyl (C=O) groups excluding carboxylic acids is 3. The smallest absolute Gasteiger partial charge is 0.306 e. The molecule has 0 aliphatic carbocycles. The first-order chi connectivity index (χ1) is 34.5. The molecule has 1 atom stereocenters. The summed E-state index contributed by atoms with van der Waals surface area (Å²) in [7, 11) is 0. The lowest BCUT2D eigenvalue weighted by atomic mass is 10.0. The molecule has 0 aromatic heterocycles. The van der Waals surface area contributed by atoms with Crippen molar-refractivity contribution >= 4 is 17.9 Å². The molecule has 0 radical (unpaired) electrons. The van der Waals surface area contributed by atoms with Crippen molar-refractivity contribution in [3.8, 4) is 0 Å². The van der Waals surface area contributed by atoms with Crippen LogP contribution in [0.2, 0.25) is 0 Å². The van der Waals surface area contributed by atoms with Crippen molar-refractivity contribution in [1.82, 2.24) is 0 Å². The van der Waals surface area contributed by atoms with Crippen molar-refractivity contribution in [1.29, 1.82) is 0 Å². The second-order valence-electron chi connectivity index (χ2n) is 19.5. The van der Waals surface area contributed by atoms with E-state index in [1.165, 1.54) is 128 Å². The van der Waals surface area contributed by atoms with Crippen LogP contribution in [0, 0.1) is 0 Å². The summed E-state index contributed by atoms with van der Waals surface area (Å²) in [6.07, 6.45) is 76.2. The summed E-state index contributed by atoms with van der Waals surface area (Å²) in [6.45, 7) is 6.44. The molecule has 0 heterocycles. The average Bonchev–Trinajstić information content (AvgIpc) is 3.36. The molecule has 6 nitrogen and oxygen atoms in total. The lowest BCUT2D eigenvalue weighted by Crippen LogP contribution is -2.30. The summed E-state index contributed by atoms with van der Waals surface area (Å²) in [5.74, 6) is -0.898. The third-order valence-electron chi connectivity index (χ3n) is 12.6. The van der Waals surface area contributed by atoms with Gasteiger partial charge in [-0.2, -0.15) is 0 Å². The van der Waals surface area contributed by atoms with E-state index in [0.29, 0.717) is 19.3 Å². The lowest BCUT2D eigenvalue weighted by molar-refractivity contribution is -0.167. The number of carbonyl (C=O) groups is 3. The van der Waals surface area contributed by atoms with Gasteiger partial charge in [0.15, 0.2) is 6.10 Å². The zero-order valence-corrected chi connectivity index (χ0v) is 46.0. The van der Waals surface area contributed by atoms with E-state index in [2.05, 4.69) is 106 Å². The predicted molar refractivity (Wildman–Crippen MR) is 302 cm³/mol. The Morgan fingerprint density at radius 1 is 0.300 bits per heavy atom. The summed E-state index contributed by atoms with van der Waals surface area (Å²) in [4.78, 5) is 37.9. The molecule has 0 fully saturated rings. The van der Waals surface area contributed by atoms with Crippen molar-refractivity contribution in [2.24, 2.45) is 0 Å². The minimum absolute atomic E-state index is 0.0799. The average molecular weight is 976 g/mol. The fourth-order valence-electron chi connectivity index (χ4n) is 8.21. The first-order valence-corrected chi connectivity index (χ1v) is 29.6. The van der Waals surface area contributed by atoms with Crippen LogP contribution in [0.5, 0.6) is 0 Å². The monoisotopic (exact) mass is 975 g/mol. The first-order valence-electron chi connectivity index (χ1n) is 29.6. The fraction of sp³-hybridized carbons (Fsp3) is 0.734. The summed E-state index contributed by atoms with van der Waals surface area (Å²) < 4.78 is 16.7. The van der Waals surface area contributed by atoms with Gasteiger partial charge < -0.3 is 14.2 Å². The van der Waals surface area contributed by atoms with Gasteiger partial charge in [0, 0.05) is 19.3 Å². The highest BCUT2D eigenvalue weighted by Gasteiger charge is 2.19. The van der Waals surface area contributed by atoms with Crippen LogP contribution in [0.1, 0.15) is 284 Å². The molecule has 0 bridgehead atoms. The van der Waals surface area contributed by atoms with Crippen LogP contribution in [0.25, 0.3) is 0 Å². The summed E-state index contributed by atoms with van der Waals surface area (Å²) in [5, 5.41) is 0. The van der Waals surface area contributed by atoms with E-state index in [1.807, 2.05) is 0 Å². The minimum Gasteiger partial charge on any atom is -0.462 e. The Morgan fingerprint density at radius 2 is 0.557 bits per heavy atom. The number of allylic oxidation sites excluding steroid dienone is 14. The minimum atomic E-state index is -0.779. The molecular formula is C64H110O6. The van der Waals surface area contributed by atoms with Gasteiger partial charge >= 0.3 is 17.9 Å². The van der Waals surface area contributed by atoms with Crippen molar-refractivity contribution in [2.45, 2.75) is 290 Å². The SMILES string of the molecule is CC/C=C\C/C=C\C/C=C\C/C=C\C/C=C\CCCCCCCCCCCCCCCCCC(=O)OCC(COC(=O)CCCCCCCC)OC(=O)CCCCCCC/C=C\C/C=C\CCCCC. The Hall–Kier alpha value is -3.41. The second-order valence-corrected chi connectivity index (χ2v) is 19.5. The molecule has 6 heteroatoms. The molecule has 0 amide bonds. The van der Waals surface area contributed by atoms with E-state index < -0.39 is 6.10 Å². The van der Waals surface area contributed by atoms with Gasteiger partial charge in [-0.15, -0.1) is 0 Å². The van der Waals surface area contributed by atoms with Gasteiger partial charge in [-0.1, -0.05) is 254 Å². The molecule has 0 rings (SSSR count). The first kappa shape index (κ1) is 66.6. The van der Waals surface area contributed by atoms with E-state index in [4.69, 9.17) is 14.2 Å². The predicted octanol–water partition coefficient (Wildman–Crippen LogP) is 19.9. The van der Waals surface area contributed by atoms with Gasteiger partial charge in [-0.3, -0.25) is 14.4 Å². The number of hydrogen-bond acceptors (Lipinski definition) is 6. The number of unbranched alkanes of at least 4 members (excludes halogenated alkanes) is 28. The van der Waals surface area contributed by atoms with E-state index in [9.17, 15) is 14.4 Å². The van der Waals surface area contributed by atoms with Crippen molar-refractivity contribution < 1.29 is 28.6 Å². The van der Waals surface area contributed by atoms with E-state index >= 15 is 0 Å². The zero-order valence-electron chi connectivity index (χ0n) is 46.0. The molecule has 0 saturated carbocycles. The highest BCUT2D eigenvalue weighted by atomic mass is 16.6. The molecule has 0 spiro atoms. The van der Waals surface area contributed by atoms with Crippen LogP contribution in [0.4, 0.5) is 0 Å². The molecule has 0 aliphatic heterocycles. The van der Waals surface area contributed by atoms with Crippen LogP contribution in [-0.4, -0.2) is 37.2 Å².